The van der Waals surface area contributed by atoms with Crippen LogP contribution in [0.4, 0.5) is 4.79 Å². The topological polar surface area (TPSA) is 74.2 Å². The monoisotopic (exact) mass is 285 g/mol. The van der Waals surface area contributed by atoms with E-state index >= 15 is 0 Å². The molecule has 0 saturated heterocycles. The van der Waals surface area contributed by atoms with Gasteiger partial charge in [-0.1, -0.05) is 18.5 Å². The quantitative estimate of drug-likeness (QED) is 0.748. The van der Waals surface area contributed by atoms with E-state index in [1.54, 1.807) is 25.3 Å². The van der Waals surface area contributed by atoms with Crippen molar-refractivity contribution < 1.29 is 9.90 Å². The number of halogens is 1. The van der Waals surface area contributed by atoms with Crippen LogP contribution in [0.15, 0.2) is 18.3 Å². The molecule has 3 N–H and O–H groups in total. The van der Waals surface area contributed by atoms with Crippen LogP contribution in [0.25, 0.3) is 0 Å². The first-order valence-electron chi connectivity index (χ1n) is 6.27. The van der Waals surface area contributed by atoms with E-state index < -0.39 is 0 Å². The summed E-state index contributed by atoms with van der Waals surface area (Å²) >= 11 is 5.72. The first-order chi connectivity index (χ1) is 8.97. The van der Waals surface area contributed by atoms with Crippen LogP contribution >= 0.6 is 11.6 Å². The van der Waals surface area contributed by atoms with Crippen molar-refractivity contribution in [1.82, 2.24) is 15.6 Å². The summed E-state index contributed by atoms with van der Waals surface area (Å²) in [6.45, 7) is 4.61. The van der Waals surface area contributed by atoms with Crippen LogP contribution in [0.1, 0.15) is 26.0 Å². The minimum absolute atomic E-state index is 0.236. The fourth-order valence-corrected chi connectivity index (χ4v) is 1.79. The van der Waals surface area contributed by atoms with Crippen molar-refractivity contribution in [2.24, 2.45) is 5.92 Å². The number of aliphatic hydroxyl groups excluding tert-OH is 1. The van der Waals surface area contributed by atoms with Gasteiger partial charge in [0.2, 0.25) is 0 Å². The number of hydrogen-bond donors (Lipinski definition) is 3. The van der Waals surface area contributed by atoms with Gasteiger partial charge in [-0.25, -0.2) is 4.79 Å². The Bertz CT molecular complexity index is 395. The van der Waals surface area contributed by atoms with Crippen molar-refractivity contribution in [3.05, 3.63) is 29.0 Å². The van der Waals surface area contributed by atoms with Crippen LogP contribution in [0.5, 0.6) is 0 Å². The molecule has 1 rings (SSSR count). The number of urea groups is 1. The minimum atomic E-state index is -0.349. The van der Waals surface area contributed by atoms with Gasteiger partial charge in [0.25, 0.3) is 0 Å². The maximum Gasteiger partial charge on any atom is 0.315 e. The lowest BCUT2D eigenvalue weighted by molar-refractivity contribution is 0.163. The number of aliphatic hydroxyl groups is 1. The van der Waals surface area contributed by atoms with Gasteiger partial charge in [-0.15, -0.1) is 0 Å². The summed E-state index contributed by atoms with van der Waals surface area (Å²) in [5.74, 6) is 0.236. The zero-order valence-corrected chi connectivity index (χ0v) is 11.9. The van der Waals surface area contributed by atoms with Gasteiger partial charge in [-0.3, -0.25) is 4.98 Å². The standard InChI is InChI=1S/C13H20ClN3O2/c1-9(5-10(2)18)6-16-13(19)17-8-12-4-3-11(14)7-15-12/h3-4,7,9-10,18H,5-6,8H2,1-2H3,(H2,16,17,19). The molecule has 0 aliphatic rings. The highest BCUT2D eigenvalue weighted by molar-refractivity contribution is 6.30. The molecule has 0 saturated carbocycles. The van der Waals surface area contributed by atoms with Crippen LogP contribution in [0.2, 0.25) is 5.02 Å². The van der Waals surface area contributed by atoms with Gasteiger partial charge in [-0.2, -0.15) is 0 Å². The van der Waals surface area contributed by atoms with E-state index in [1.807, 2.05) is 6.92 Å². The Morgan fingerprint density at radius 2 is 2.16 bits per heavy atom. The molecule has 106 valence electrons. The number of hydrogen-bond acceptors (Lipinski definition) is 3. The van der Waals surface area contributed by atoms with Crippen LogP contribution in [-0.4, -0.2) is 28.8 Å². The van der Waals surface area contributed by atoms with E-state index in [1.165, 1.54) is 0 Å². The normalized spacial score (nSPS) is 13.7. The molecule has 0 fully saturated rings. The van der Waals surface area contributed by atoms with E-state index in [9.17, 15) is 9.90 Å². The van der Waals surface area contributed by atoms with E-state index in [0.717, 1.165) is 5.69 Å². The fraction of sp³-hybridized carbons (Fsp3) is 0.538. The van der Waals surface area contributed by atoms with E-state index in [4.69, 9.17) is 11.6 Å². The minimum Gasteiger partial charge on any atom is -0.393 e. The zero-order valence-electron chi connectivity index (χ0n) is 11.2. The molecule has 1 aromatic heterocycles. The Hall–Kier alpha value is -1.33. The molecule has 0 spiro atoms. The number of rotatable bonds is 6. The number of carbonyl (C=O) groups excluding carboxylic acids is 1. The van der Waals surface area contributed by atoms with Gasteiger partial charge in [0.05, 0.1) is 23.4 Å². The smallest absolute Gasteiger partial charge is 0.315 e. The van der Waals surface area contributed by atoms with Crippen molar-refractivity contribution in [2.75, 3.05) is 6.54 Å². The first-order valence-corrected chi connectivity index (χ1v) is 6.65. The largest absolute Gasteiger partial charge is 0.393 e. The van der Waals surface area contributed by atoms with Crippen molar-refractivity contribution >= 4 is 17.6 Å². The SMILES string of the molecule is CC(O)CC(C)CNC(=O)NCc1ccc(Cl)cn1. The molecule has 0 aliphatic heterocycles. The van der Waals surface area contributed by atoms with Crippen molar-refractivity contribution in [3.8, 4) is 0 Å². The maximum absolute atomic E-state index is 11.5. The molecule has 5 nitrogen and oxygen atoms in total. The number of aromatic nitrogens is 1. The van der Waals surface area contributed by atoms with Crippen LogP contribution in [0, 0.1) is 5.92 Å². The number of nitrogens with one attached hydrogen (secondary N) is 2. The highest BCUT2D eigenvalue weighted by atomic mass is 35.5. The second-order valence-corrected chi connectivity index (χ2v) is 5.16. The molecule has 0 radical (unpaired) electrons. The summed E-state index contributed by atoms with van der Waals surface area (Å²) in [4.78, 5) is 15.6. The van der Waals surface area contributed by atoms with Crippen LogP contribution < -0.4 is 10.6 Å². The highest BCUT2D eigenvalue weighted by Gasteiger charge is 2.08. The Morgan fingerprint density at radius 1 is 1.42 bits per heavy atom. The predicted molar refractivity (Wildman–Crippen MR) is 74.9 cm³/mol. The van der Waals surface area contributed by atoms with Crippen LogP contribution in [-0.2, 0) is 6.54 Å². The summed E-state index contributed by atoms with van der Waals surface area (Å²) in [7, 11) is 0. The molecule has 1 aromatic rings. The average molecular weight is 286 g/mol. The Labute approximate surface area is 118 Å². The van der Waals surface area contributed by atoms with E-state index in [2.05, 4.69) is 15.6 Å². The first kappa shape index (κ1) is 15.7. The third-order valence-electron chi connectivity index (χ3n) is 2.57. The number of carbonyl (C=O) groups is 1. The predicted octanol–water partition coefficient (Wildman–Crippen LogP) is 1.94. The third kappa shape index (κ3) is 6.98. The van der Waals surface area contributed by atoms with E-state index in [0.29, 0.717) is 24.5 Å². The van der Waals surface area contributed by atoms with Gasteiger partial charge in [-0.05, 0) is 31.4 Å². The number of nitrogens with zero attached hydrogens (tertiary/aromatic N) is 1. The molecular formula is C13H20ClN3O2. The molecule has 0 bridgehead atoms. The molecule has 0 aromatic carbocycles. The molecule has 2 unspecified atom stereocenters. The van der Waals surface area contributed by atoms with Crippen molar-refractivity contribution in [1.29, 1.82) is 0 Å². The van der Waals surface area contributed by atoms with Gasteiger partial charge < -0.3 is 15.7 Å². The van der Waals surface area contributed by atoms with Crippen molar-refractivity contribution in [3.63, 3.8) is 0 Å². The summed E-state index contributed by atoms with van der Waals surface area (Å²) in [5, 5.41) is 15.2. The lowest BCUT2D eigenvalue weighted by Gasteiger charge is -2.14. The molecule has 2 amide bonds. The third-order valence-corrected chi connectivity index (χ3v) is 2.80. The summed E-state index contributed by atoms with van der Waals surface area (Å²) in [6, 6.07) is 3.25. The van der Waals surface area contributed by atoms with Gasteiger partial charge >= 0.3 is 6.03 Å². The molecular weight excluding hydrogens is 266 g/mol. The number of amides is 2. The lowest BCUT2D eigenvalue weighted by atomic mass is 10.1. The molecule has 2 atom stereocenters. The Morgan fingerprint density at radius 3 is 2.74 bits per heavy atom. The average Bonchev–Trinajstić information content (AvgIpc) is 2.35. The van der Waals surface area contributed by atoms with Crippen molar-refractivity contribution in [2.45, 2.75) is 32.9 Å². The second-order valence-electron chi connectivity index (χ2n) is 4.72. The van der Waals surface area contributed by atoms with Gasteiger partial charge in [0.15, 0.2) is 0 Å². The summed E-state index contributed by atoms with van der Waals surface area (Å²) in [5.41, 5.74) is 0.747. The zero-order chi connectivity index (χ0) is 14.3. The molecule has 19 heavy (non-hydrogen) atoms. The lowest BCUT2D eigenvalue weighted by Crippen LogP contribution is -2.38. The molecule has 6 heteroatoms. The second kappa shape index (κ2) is 7.96. The summed E-state index contributed by atoms with van der Waals surface area (Å²) in [6.07, 6.45) is 1.86. The Balaban J connectivity index is 2.22. The Kier molecular flexibility index (Phi) is 6.59. The highest BCUT2D eigenvalue weighted by Crippen LogP contribution is 2.06. The van der Waals surface area contributed by atoms with Crippen LogP contribution in [0.3, 0.4) is 0 Å². The maximum atomic E-state index is 11.5. The van der Waals surface area contributed by atoms with E-state index in [-0.39, 0.29) is 18.1 Å². The fourth-order valence-electron chi connectivity index (χ4n) is 1.68. The van der Waals surface area contributed by atoms with Gasteiger partial charge in [0.1, 0.15) is 0 Å². The molecule has 1 heterocycles. The van der Waals surface area contributed by atoms with Gasteiger partial charge in [0, 0.05) is 12.7 Å². The number of pyridine rings is 1. The summed E-state index contributed by atoms with van der Waals surface area (Å²) < 4.78 is 0. The molecule has 0 aliphatic carbocycles.